The topological polar surface area (TPSA) is 58.2 Å². The van der Waals surface area contributed by atoms with Crippen LogP contribution < -0.4 is 10.6 Å². The van der Waals surface area contributed by atoms with E-state index in [-0.39, 0.29) is 0 Å². The van der Waals surface area contributed by atoms with Crippen molar-refractivity contribution in [2.45, 2.75) is 6.92 Å². The summed E-state index contributed by atoms with van der Waals surface area (Å²) >= 11 is 2.18. The summed E-state index contributed by atoms with van der Waals surface area (Å²) in [6.07, 6.45) is 0. The summed E-state index contributed by atoms with van der Waals surface area (Å²) in [6, 6.07) is 5.57. The van der Waals surface area contributed by atoms with Crippen LogP contribution in [0.3, 0.4) is 0 Å². The van der Waals surface area contributed by atoms with E-state index in [0.717, 1.165) is 9.13 Å². The highest BCUT2D eigenvalue weighted by molar-refractivity contribution is 14.1. The number of benzene rings is 1. The van der Waals surface area contributed by atoms with E-state index in [1.807, 2.05) is 19.1 Å². The van der Waals surface area contributed by atoms with Gasteiger partial charge in [0.05, 0.1) is 0 Å². The molecular formula is C10H11IN2O2. The Balaban J connectivity index is 2.81. The van der Waals surface area contributed by atoms with E-state index in [2.05, 4.69) is 33.2 Å². The van der Waals surface area contributed by atoms with Crippen molar-refractivity contribution in [3.63, 3.8) is 0 Å². The fourth-order valence-corrected chi connectivity index (χ4v) is 1.71. The quantitative estimate of drug-likeness (QED) is 0.605. The molecular weight excluding hydrogens is 307 g/mol. The summed E-state index contributed by atoms with van der Waals surface area (Å²) in [7, 11) is 1.42. The number of carbonyl (C=O) groups excluding carboxylic acids is 2. The molecule has 0 radical (unpaired) electrons. The molecule has 0 unspecified atom stereocenters. The maximum Gasteiger partial charge on any atom is 0.313 e. The summed E-state index contributed by atoms with van der Waals surface area (Å²) < 4.78 is 1.09. The van der Waals surface area contributed by atoms with Gasteiger partial charge >= 0.3 is 11.8 Å². The molecule has 80 valence electrons. The van der Waals surface area contributed by atoms with Gasteiger partial charge in [-0.1, -0.05) is 0 Å². The molecule has 0 aromatic heterocycles. The van der Waals surface area contributed by atoms with Crippen LogP contribution in [0.4, 0.5) is 5.69 Å². The average Bonchev–Trinajstić information content (AvgIpc) is 2.20. The second-order valence-electron chi connectivity index (χ2n) is 2.99. The van der Waals surface area contributed by atoms with Gasteiger partial charge in [-0.05, 0) is 53.3 Å². The lowest BCUT2D eigenvalue weighted by Crippen LogP contribution is -2.32. The van der Waals surface area contributed by atoms with Gasteiger partial charge in [-0.25, -0.2) is 0 Å². The molecule has 2 amide bonds. The van der Waals surface area contributed by atoms with Crippen molar-refractivity contribution in [1.82, 2.24) is 5.32 Å². The predicted molar refractivity (Wildman–Crippen MR) is 66.6 cm³/mol. The highest BCUT2D eigenvalue weighted by Gasteiger charge is 2.12. The largest absolute Gasteiger partial charge is 0.351 e. The third kappa shape index (κ3) is 3.19. The first-order valence-electron chi connectivity index (χ1n) is 4.34. The van der Waals surface area contributed by atoms with E-state index in [1.54, 1.807) is 6.07 Å². The van der Waals surface area contributed by atoms with Gasteiger partial charge in [0.1, 0.15) is 0 Å². The van der Waals surface area contributed by atoms with Crippen molar-refractivity contribution in [1.29, 1.82) is 0 Å². The molecule has 0 saturated heterocycles. The molecule has 4 nitrogen and oxygen atoms in total. The minimum atomic E-state index is -0.651. The lowest BCUT2D eigenvalue weighted by atomic mass is 10.2. The maximum absolute atomic E-state index is 11.3. The van der Waals surface area contributed by atoms with Crippen LogP contribution in [0.15, 0.2) is 18.2 Å². The van der Waals surface area contributed by atoms with Crippen LogP contribution in [0.1, 0.15) is 5.56 Å². The number of halogens is 1. The van der Waals surface area contributed by atoms with E-state index in [9.17, 15) is 9.59 Å². The van der Waals surface area contributed by atoms with Crippen molar-refractivity contribution in [2.75, 3.05) is 12.4 Å². The number of anilines is 1. The maximum atomic E-state index is 11.3. The van der Waals surface area contributed by atoms with Crippen LogP contribution in [0.5, 0.6) is 0 Å². The van der Waals surface area contributed by atoms with Gasteiger partial charge in [0, 0.05) is 16.3 Å². The van der Waals surface area contributed by atoms with E-state index in [1.165, 1.54) is 7.05 Å². The Kier molecular flexibility index (Phi) is 4.07. The van der Waals surface area contributed by atoms with Crippen LogP contribution in [-0.4, -0.2) is 18.9 Å². The van der Waals surface area contributed by atoms with Crippen LogP contribution in [0.25, 0.3) is 0 Å². The highest BCUT2D eigenvalue weighted by Crippen LogP contribution is 2.17. The summed E-state index contributed by atoms with van der Waals surface area (Å²) in [5.41, 5.74) is 1.59. The standard InChI is InChI=1S/C10H11IN2O2/c1-6-5-7(11)3-4-8(6)13-10(15)9(14)12-2/h3-5H,1-2H3,(H,12,14)(H,13,15). The SMILES string of the molecule is CNC(=O)C(=O)Nc1ccc(I)cc1C. The minimum absolute atomic E-state index is 0.645. The van der Waals surface area contributed by atoms with Crippen LogP contribution >= 0.6 is 22.6 Å². The summed E-state index contributed by atoms with van der Waals surface area (Å²) in [5.74, 6) is -1.30. The molecule has 0 atom stereocenters. The van der Waals surface area contributed by atoms with Gasteiger partial charge in [-0.3, -0.25) is 9.59 Å². The second-order valence-corrected chi connectivity index (χ2v) is 4.24. The number of carbonyl (C=O) groups is 2. The molecule has 0 heterocycles. The van der Waals surface area contributed by atoms with Crippen molar-refractivity contribution < 1.29 is 9.59 Å². The van der Waals surface area contributed by atoms with Gasteiger partial charge in [-0.2, -0.15) is 0 Å². The monoisotopic (exact) mass is 318 g/mol. The third-order valence-electron chi connectivity index (χ3n) is 1.87. The molecule has 1 aromatic carbocycles. The summed E-state index contributed by atoms with van der Waals surface area (Å²) in [6.45, 7) is 1.88. The zero-order valence-corrected chi connectivity index (χ0v) is 10.6. The van der Waals surface area contributed by atoms with Gasteiger partial charge in [0.25, 0.3) is 0 Å². The number of rotatable bonds is 1. The predicted octanol–water partition coefficient (Wildman–Crippen LogP) is 1.28. The second kappa shape index (κ2) is 5.11. The Labute approximate surface area is 102 Å². The lowest BCUT2D eigenvalue weighted by Gasteiger charge is -2.07. The fourth-order valence-electron chi connectivity index (χ4n) is 1.06. The molecule has 15 heavy (non-hydrogen) atoms. The summed E-state index contributed by atoms with van der Waals surface area (Å²) in [4.78, 5) is 22.2. The Bertz CT molecular complexity index is 404. The first-order chi connectivity index (χ1) is 7.04. The number of likely N-dealkylation sites (N-methyl/N-ethyl adjacent to an activating group) is 1. The highest BCUT2D eigenvalue weighted by atomic mass is 127. The van der Waals surface area contributed by atoms with E-state index in [0.29, 0.717) is 5.69 Å². The Morgan fingerprint density at radius 3 is 2.47 bits per heavy atom. The van der Waals surface area contributed by atoms with Gasteiger partial charge in [0.15, 0.2) is 0 Å². The molecule has 0 aliphatic carbocycles. The molecule has 0 fully saturated rings. The zero-order chi connectivity index (χ0) is 11.4. The van der Waals surface area contributed by atoms with Crippen molar-refractivity contribution in [3.05, 3.63) is 27.3 Å². The van der Waals surface area contributed by atoms with Gasteiger partial charge in [-0.15, -0.1) is 0 Å². The van der Waals surface area contributed by atoms with Crippen LogP contribution in [0.2, 0.25) is 0 Å². The third-order valence-corrected chi connectivity index (χ3v) is 2.54. The Hall–Kier alpha value is -1.11. The van der Waals surface area contributed by atoms with Crippen LogP contribution in [0, 0.1) is 10.5 Å². The molecule has 0 aliphatic heterocycles. The number of hydrogen-bond donors (Lipinski definition) is 2. The molecule has 0 spiro atoms. The van der Waals surface area contributed by atoms with Crippen molar-refractivity contribution >= 4 is 40.1 Å². The first kappa shape index (κ1) is 12.0. The molecule has 5 heteroatoms. The Morgan fingerprint density at radius 2 is 1.93 bits per heavy atom. The van der Waals surface area contributed by atoms with E-state index in [4.69, 9.17) is 0 Å². The van der Waals surface area contributed by atoms with E-state index >= 15 is 0 Å². The lowest BCUT2D eigenvalue weighted by molar-refractivity contribution is -0.135. The molecule has 1 rings (SSSR count). The zero-order valence-electron chi connectivity index (χ0n) is 8.43. The minimum Gasteiger partial charge on any atom is -0.351 e. The van der Waals surface area contributed by atoms with Gasteiger partial charge < -0.3 is 10.6 Å². The number of amides is 2. The van der Waals surface area contributed by atoms with Crippen molar-refractivity contribution in [2.24, 2.45) is 0 Å². The van der Waals surface area contributed by atoms with Crippen molar-refractivity contribution in [3.8, 4) is 0 Å². The molecule has 2 N–H and O–H groups in total. The average molecular weight is 318 g/mol. The normalized spacial score (nSPS) is 9.53. The molecule has 0 saturated carbocycles. The number of nitrogens with one attached hydrogen (secondary N) is 2. The molecule has 0 bridgehead atoms. The first-order valence-corrected chi connectivity index (χ1v) is 5.41. The fraction of sp³-hybridized carbons (Fsp3) is 0.200. The molecule has 1 aromatic rings. The summed E-state index contributed by atoms with van der Waals surface area (Å²) in [5, 5.41) is 4.80. The van der Waals surface area contributed by atoms with Gasteiger partial charge in [0.2, 0.25) is 0 Å². The smallest absolute Gasteiger partial charge is 0.313 e. The Morgan fingerprint density at radius 1 is 1.27 bits per heavy atom. The number of aryl methyl sites for hydroxylation is 1. The number of hydrogen-bond acceptors (Lipinski definition) is 2. The molecule has 0 aliphatic rings. The van der Waals surface area contributed by atoms with Crippen LogP contribution in [-0.2, 0) is 9.59 Å². The van der Waals surface area contributed by atoms with E-state index < -0.39 is 11.8 Å².